The van der Waals surface area contributed by atoms with Gasteiger partial charge in [-0.15, -0.1) is 0 Å². The van der Waals surface area contributed by atoms with E-state index in [1.54, 1.807) is 0 Å². The largest absolute Gasteiger partial charge is 0.309 e. The third-order valence-electron chi connectivity index (χ3n) is 8.51. The number of rotatable bonds is 4. The second kappa shape index (κ2) is 9.84. The monoisotopic (exact) mass is 554 g/mol. The van der Waals surface area contributed by atoms with Crippen molar-refractivity contribution in [2.45, 2.75) is 0 Å². The Bertz CT molecular complexity index is 2300. The molecule has 0 aliphatic carbocycles. The van der Waals surface area contributed by atoms with Crippen LogP contribution in [0.5, 0.6) is 0 Å². The molecule has 8 aromatic rings. The van der Waals surface area contributed by atoms with E-state index in [9.17, 15) is 0 Å². The standard InChI is InChI=1S/C40H27OP/c41-42(33-14-2-1-3-15-33,35-24-18-28-10-4-5-12-31(28)26-35)34-22-19-30(20-23-34)39-27-32-13-7-9-17-37(32)40-36-16-8-6-11-29(36)21-25-38(39)40/h1-27H. The van der Waals surface area contributed by atoms with E-state index in [-0.39, 0.29) is 0 Å². The first-order valence-electron chi connectivity index (χ1n) is 14.3. The summed E-state index contributed by atoms with van der Waals surface area (Å²) in [6.07, 6.45) is 0. The molecule has 8 aromatic carbocycles. The summed E-state index contributed by atoms with van der Waals surface area (Å²) in [5.41, 5.74) is 2.30. The molecule has 0 bridgehead atoms. The van der Waals surface area contributed by atoms with E-state index in [0.717, 1.165) is 32.2 Å². The van der Waals surface area contributed by atoms with Gasteiger partial charge in [-0.3, -0.25) is 0 Å². The van der Waals surface area contributed by atoms with Crippen LogP contribution in [-0.2, 0) is 4.57 Å². The average molecular weight is 555 g/mol. The average Bonchev–Trinajstić information content (AvgIpc) is 3.07. The minimum Gasteiger partial charge on any atom is -0.309 e. The van der Waals surface area contributed by atoms with E-state index in [1.807, 2.05) is 48.5 Å². The first-order valence-corrected chi connectivity index (χ1v) is 16.0. The Labute approximate surface area is 245 Å². The smallest absolute Gasteiger partial charge is 0.171 e. The van der Waals surface area contributed by atoms with Gasteiger partial charge in [0.05, 0.1) is 0 Å². The van der Waals surface area contributed by atoms with Gasteiger partial charge in [0.15, 0.2) is 7.14 Å². The Morgan fingerprint density at radius 3 is 1.67 bits per heavy atom. The van der Waals surface area contributed by atoms with Crippen LogP contribution in [-0.4, -0.2) is 0 Å². The highest BCUT2D eigenvalue weighted by molar-refractivity contribution is 7.85. The molecule has 1 nitrogen and oxygen atoms in total. The lowest BCUT2D eigenvalue weighted by Gasteiger charge is -2.21. The molecule has 198 valence electrons. The molecule has 0 heterocycles. The minimum absolute atomic E-state index is 0.836. The third-order valence-corrected chi connectivity index (χ3v) is 11.6. The van der Waals surface area contributed by atoms with Crippen LogP contribution in [0.1, 0.15) is 0 Å². The zero-order valence-corrected chi connectivity index (χ0v) is 23.8. The Hall–Kier alpha value is -4.97. The highest BCUT2D eigenvalue weighted by Gasteiger charge is 2.30. The number of hydrogen-bond donors (Lipinski definition) is 0. The fourth-order valence-corrected chi connectivity index (χ4v) is 9.08. The van der Waals surface area contributed by atoms with Crippen LogP contribution in [0.3, 0.4) is 0 Å². The van der Waals surface area contributed by atoms with Crippen molar-refractivity contribution in [1.29, 1.82) is 0 Å². The molecule has 42 heavy (non-hydrogen) atoms. The maximum Gasteiger partial charge on any atom is 0.171 e. The van der Waals surface area contributed by atoms with Crippen LogP contribution in [0.4, 0.5) is 0 Å². The Morgan fingerprint density at radius 2 is 0.905 bits per heavy atom. The second-order valence-corrected chi connectivity index (χ2v) is 13.6. The second-order valence-electron chi connectivity index (χ2n) is 10.9. The van der Waals surface area contributed by atoms with E-state index in [4.69, 9.17) is 0 Å². The first kappa shape index (κ1) is 24.8. The van der Waals surface area contributed by atoms with Gasteiger partial charge in [-0.25, -0.2) is 0 Å². The molecule has 0 radical (unpaired) electrons. The topological polar surface area (TPSA) is 17.1 Å². The molecule has 0 fully saturated rings. The third kappa shape index (κ3) is 3.90. The van der Waals surface area contributed by atoms with Crippen LogP contribution in [0.15, 0.2) is 164 Å². The van der Waals surface area contributed by atoms with Gasteiger partial charge in [0.2, 0.25) is 0 Å². The fraction of sp³-hybridized carbons (Fsp3) is 0. The van der Waals surface area contributed by atoms with Gasteiger partial charge in [-0.05, 0) is 66.3 Å². The van der Waals surface area contributed by atoms with Crippen molar-refractivity contribution in [3.63, 3.8) is 0 Å². The molecule has 0 amide bonds. The fourth-order valence-electron chi connectivity index (χ4n) is 6.42. The molecule has 0 saturated carbocycles. The summed E-state index contributed by atoms with van der Waals surface area (Å²) in [5.74, 6) is 0. The van der Waals surface area contributed by atoms with Crippen LogP contribution < -0.4 is 15.9 Å². The van der Waals surface area contributed by atoms with Gasteiger partial charge >= 0.3 is 0 Å². The molecular formula is C40H27OP. The number of benzene rings is 8. The Kier molecular flexibility index (Phi) is 5.81. The van der Waals surface area contributed by atoms with Gasteiger partial charge in [0, 0.05) is 15.9 Å². The lowest BCUT2D eigenvalue weighted by molar-refractivity contribution is 0.592. The van der Waals surface area contributed by atoms with Gasteiger partial charge in [-0.1, -0.05) is 152 Å². The normalized spacial score (nSPS) is 13.0. The summed E-state index contributed by atoms with van der Waals surface area (Å²) in [5, 5.41) is 12.2. The molecule has 0 aromatic heterocycles. The first-order chi connectivity index (χ1) is 20.7. The van der Waals surface area contributed by atoms with E-state index in [1.165, 1.54) is 37.9 Å². The van der Waals surface area contributed by atoms with Crippen molar-refractivity contribution < 1.29 is 4.57 Å². The van der Waals surface area contributed by atoms with Gasteiger partial charge in [0.25, 0.3) is 0 Å². The van der Waals surface area contributed by atoms with Crippen LogP contribution in [0.2, 0.25) is 0 Å². The Morgan fingerprint density at radius 1 is 0.357 bits per heavy atom. The van der Waals surface area contributed by atoms with Crippen molar-refractivity contribution in [3.05, 3.63) is 164 Å². The lowest BCUT2D eigenvalue weighted by Crippen LogP contribution is -2.25. The van der Waals surface area contributed by atoms with Crippen molar-refractivity contribution in [3.8, 4) is 11.1 Å². The summed E-state index contributed by atoms with van der Waals surface area (Å²) in [7, 11) is -3.11. The van der Waals surface area contributed by atoms with Gasteiger partial charge in [-0.2, -0.15) is 0 Å². The predicted molar refractivity (Wildman–Crippen MR) is 181 cm³/mol. The maximum absolute atomic E-state index is 15.2. The highest BCUT2D eigenvalue weighted by atomic mass is 31.2. The van der Waals surface area contributed by atoms with Crippen molar-refractivity contribution in [2.24, 2.45) is 0 Å². The maximum atomic E-state index is 15.2. The van der Waals surface area contributed by atoms with E-state index >= 15 is 4.57 Å². The number of hydrogen-bond acceptors (Lipinski definition) is 1. The molecule has 1 unspecified atom stereocenters. The van der Waals surface area contributed by atoms with Crippen LogP contribution in [0, 0.1) is 0 Å². The SMILES string of the molecule is O=P(c1ccccc1)(c1ccc(-c2cc3ccccc3c3c2ccc2ccccc23)cc1)c1ccc2ccccc2c1. The van der Waals surface area contributed by atoms with E-state index in [2.05, 4.69) is 115 Å². The van der Waals surface area contributed by atoms with E-state index < -0.39 is 7.14 Å². The quantitative estimate of drug-likeness (QED) is 0.156. The molecule has 0 spiro atoms. The highest BCUT2D eigenvalue weighted by Crippen LogP contribution is 2.44. The van der Waals surface area contributed by atoms with Gasteiger partial charge in [0.1, 0.15) is 0 Å². The van der Waals surface area contributed by atoms with Crippen molar-refractivity contribution in [1.82, 2.24) is 0 Å². The molecule has 0 N–H and O–H groups in total. The number of fused-ring (bicyclic) bond motifs is 6. The molecule has 1 atom stereocenters. The summed E-state index contributed by atoms with van der Waals surface area (Å²) >= 11 is 0. The van der Waals surface area contributed by atoms with Gasteiger partial charge < -0.3 is 4.57 Å². The lowest BCUT2D eigenvalue weighted by atomic mass is 9.90. The molecule has 0 aliphatic rings. The van der Waals surface area contributed by atoms with Crippen LogP contribution in [0.25, 0.3) is 54.2 Å². The summed E-state index contributed by atoms with van der Waals surface area (Å²) in [6.45, 7) is 0. The summed E-state index contributed by atoms with van der Waals surface area (Å²) in [6, 6.07) is 56.8. The molecule has 8 rings (SSSR count). The van der Waals surface area contributed by atoms with Crippen molar-refractivity contribution in [2.75, 3.05) is 0 Å². The molecule has 0 aliphatic heterocycles. The zero-order valence-electron chi connectivity index (χ0n) is 22.9. The van der Waals surface area contributed by atoms with Crippen LogP contribution >= 0.6 is 7.14 Å². The molecule has 2 heteroatoms. The minimum atomic E-state index is -3.11. The van der Waals surface area contributed by atoms with E-state index in [0.29, 0.717) is 0 Å². The summed E-state index contributed by atoms with van der Waals surface area (Å²) in [4.78, 5) is 0. The summed E-state index contributed by atoms with van der Waals surface area (Å²) < 4.78 is 15.2. The Balaban J connectivity index is 1.33. The molecular weight excluding hydrogens is 527 g/mol. The zero-order chi connectivity index (χ0) is 28.1. The molecule has 0 saturated heterocycles. The predicted octanol–water partition coefficient (Wildman–Crippen LogP) is 9.61. The van der Waals surface area contributed by atoms with Crippen molar-refractivity contribution >= 4 is 66.1 Å².